The number of hydrogen-bond acceptors (Lipinski definition) is 3. The van der Waals surface area contributed by atoms with Crippen LogP contribution in [0.1, 0.15) is 0 Å². The second kappa shape index (κ2) is 3.73. The van der Waals surface area contributed by atoms with Gasteiger partial charge in [-0.05, 0) is 12.1 Å². The van der Waals surface area contributed by atoms with Crippen LogP contribution >= 0.6 is 35.1 Å². The van der Waals surface area contributed by atoms with Gasteiger partial charge < -0.3 is 4.42 Å². The molecule has 0 N–H and O–H groups in total. The van der Waals surface area contributed by atoms with Crippen molar-refractivity contribution in [1.29, 1.82) is 0 Å². The molecule has 0 saturated carbocycles. The van der Waals surface area contributed by atoms with Crippen LogP contribution in [-0.2, 0) is 0 Å². The van der Waals surface area contributed by atoms with Gasteiger partial charge in [0.1, 0.15) is 5.52 Å². The van der Waals surface area contributed by atoms with Crippen molar-refractivity contribution in [2.24, 2.45) is 0 Å². The van der Waals surface area contributed by atoms with E-state index in [0.717, 1.165) is 3.97 Å². The van der Waals surface area contributed by atoms with E-state index in [1.54, 1.807) is 24.3 Å². The number of hydrogen-bond donors (Lipinski definition) is 0. The molecule has 0 aliphatic rings. The highest BCUT2D eigenvalue weighted by Gasteiger charge is 2.27. The minimum Gasteiger partial charge on any atom is -0.407 e. The molecule has 0 amide bonds. The Kier molecular flexibility index (Phi) is 2.70. The van der Waals surface area contributed by atoms with Crippen LogP contribution in [0.4, 0.5) is 4.39 Å². The Morgan fingerprint density at radius 2 is 2.07 bits per heavy atom. The molecule has 0 aliphatic carbocycles. The molecule has 1 heterocycles. The van der Waals surface area contributed by atoms with Crippen LogP contribution in [0.15, 0.2) is 33.5 Å². The normalized spacial score (nSPS) is 12.2. The van der Waals surface area contributed by atoms with E-state index < -0.39 is 9.68 Å². The fraction of sp³-hybridized carbons (Fsp3) is 0.125. The Labute approximate surface area is 97.9 Å². The maximum atomic E-state index is 13.0. The summed E-state index contributed by atoms with van der Waals surface area (Å²) in [5.74, 6) is -0.718. The fourth-order valence-corrected chi connectivity index (χ4v) is 2.12. The number of nitrogens with zero attached hydrogens (tertiary/aromatic N) is 1. The topological polar surface area (TPSA) is 35.1 Å². The van der Waals surface area contributed by atoms with E-state index in [-0.39, 0.29) is 0 Å². The van der Waals surface area contributed by atoms with Gasteiger partial charge in [0.25, 0.3) is 0 Å². The lowest BCUT2D eigenvalue weighted by Gasteiger charge is -2.06. The van der Waals surface area contributed by atoms with Crippen molar-refractivity contribution in [1.82, 2.24) is 3.97 Å². The Morgan fingerprint density at radius 3 is 2.73 bits per heavy atom. The molecule has 80 valence electrons. The first kappa shape index (κ1) is 10.9. The third-order valence-corrected chi connectivity index (χ3v) is 2.79. The van der Waals surface area contributed by atoms with Gasteiger partial charge >= 0.3 is 9.68 Å². The maximum absolute atomic E-state index is 13.0. The molecule has 1 aromatic carbocycles. The Bertz CT molecular complexity index is 545. The predicted molar refractivity (Wildman–Crippen MR) is 59.0 cm³/mol. The highest BCUT2D eigenvalue weighted by molar-refractivity contribution is 8.01. The van der Waals surface area contributed by atoms with Gasteiger partial charge in [0.15, 0.2) is 5.58 Å². The van der Waals surface area contributed by atoms with Gasteiger partial charge in [-0.25, -0.2) is 8.77 Å². The average Bonchev–Trinajstić information content (AvgIpc) is 2.41. The van der Waals surface area contributed by atoms with Gasteiger partial charge in [-0.2, -0.15) is 4.39 Å². The lowest BCUT2D eigenvalue weighted by Crippen LogP contribution is -2.12. The number of aromatic nitrogens is 1. The van der Waals surface area contributed by atoms with Crippen LogP contribution < -0.4 is 5.76 Å². The Morgan fingerprint density at radius 1 is 1.40 bits per heavy atom. The van der Waals surface area contributed by atoms with Crippen molar-refractivity contribution in [2.75, 3.05) is 0 Å². The molecule has 7 heteroatoms. The zero-order valence-corrected chi connectivity index (χ0v) is 9.44. The third kappa shape index (κ3) is 2.30. The molecule has 1 aromatic heterocycles. The van der Waals surface area contributed by atoms with Crippen LogP contribution in [0, 0.1) is 0 Å². The fourth-order valence-electron chi connectivity index (χ4n) is 1.14. The van der Waals surface area contributed by atoms with Crippen LogP contribution in [0.3, 0.4) is 0 Å². The predicted octanol–water partition coefficient (Wildman–Crippen LogP) is 3.15. The highest BCUT2D eigenvalue weighted by atomic mass is 35.5. The molecule has 15 heavy (non-hydrogen) atoms. The molecule has 0 fully saturated rings. The molecule has 0 spiro atoms. The number of fused-ring (bicyclic) bond motifs is 1. The molecular weight excluding hydrogens is 264 g/mol. The summed E-state index contributed by atoms with van der Waals surface area (Å²) in [4.78, 5) is 11.3. The molecule has 0 atom stereocenters. The van der Waals surface area contributed by atoms with Crippen molar-refractivity contribution in [3.63, 3.8) is 0 Å². The van der Waals surface area contributed by atoms with E-state index >= 15 is 0 Å². The first-order valence-electron chi connectivity index (χ1n) is 3.84. The van der Waals surface area contributed by atoms with Crippen molar-refractivity contribution < 1.29 is 8.81 Å². The van der Waals surface area contributed by atoms with Gasteiger partial charge in [0.2, 0.25) is 0 Å². The first-order valence-corrected chi connectivity index (χ1v) is 5.37. The summed E-state index contributed by atoms with van der Waals surface area (Å²) in [5.41, 5.74) is 0.781. The largest absolute Gasteiger partial charge is 0.430 e. The molecule has 0 bridgehead atoms. The lowest BCUT2D eigenvalue weighted by atomic mass is 10.3. The molecule has 0 radical (unpaired) electrons. The van der Waals surface area contributed by atoms with Gasteiger partial charge in [-0.1, -0.05) is 35.3 Å². The maximum Gasteiger partial charge on any atom is 0.430 e. The second-order valence-corrected chi connectivity index (χ2v) is 5.46. The Hall–Kier alpha value is -0.650. The lowest BCUT2D eigenvalue weighted by molar-refractivity contribution is 0.510. The number of halogens is 3. The number of para-hydroxylation sites is 2. The minimum atomic E-state index is -2.57. The first-order chi connectivity index (χ1) is 6.97. The molecule has 2 aromatic rings. The quantitative estimate of drug-likeness (QED) is 0.785. The summed E-state index contributed by atoms with van der Waals surface area (Å²) < 4.78 is 16.2. The SMILES string of the molecule is O=c1oc2ccccc2n1SC(F)(Cl)Cl. The highest BCUT2D eigenvalue weighted by Crippen LogP contribution is 2.37. The molecule has 0 unspecified atom stereocenters. The van der Waals surface area contributed by atoms with E-state index in [2.05, 4.69) is 0 Å². The van der Waals surface area contributed by atoms with Gasteiger partial charge in [0.05, 0.1) is 0 Å². The zero-order valence-electron chi connectivity index (χ0n) is 7.12. The number of oxazole rings is 1. The number of rotatable bonds is 2. The van der Waals surface area contributed by atoms with Gasteiger partial charge in [-0.3, -0.25) is 0 Å². The van der Waals surface area contributed by atoms with Crippen molar-refractivity contribution in [2.45, 2.75) is 3.92 Å². The van der Waals surface area contributed by atoms with Crippen LogP contribution in [-0.4, -0.2) is 7.89 Å². The van der Waals surface area contributed by atoms with Crippen LogP contribution in [0.25, 0.3) is 11.1 Å². The minimum absolute atomic E-state index is 0.338. The smallest absolute Gasteiger partial charge is 0.407 e. The van der Waals surface area contributed by atoms with Gasteiger partial charge in [-0.15, -0.1) is 0 Å². The Balaban J connectivity index is 2.60. The summed E-state index contributed by atoms with van der Waals surface area (Å²) in [7, 11) is 0. The summed E-state index contributed by atoms with van der Waals surface area (Å²) in [6.07, 6.45) is 0. The summed E-state index contributed by atoms with van der Waals surface area (Å²) in [5, 5.41) is 0. The average molecular weight is 268 g/mol. The van der Waals surface area contributed by atoms with Crippen molar-refractivity contribution >= 4 is 46.2 Å². The van der Waals surface area contributed by atoms with Crippen LogP contribution in [0.5, 0.6) is 0 Å². The summed E-state index contributed by atoms with van der Waals surface area (Å²) >= 11 is 10.7. The third-order valence-electron chi connectivity index (χ3n) is 1.64. The molecule has 2 rings (SSSR count). The van der Waals surface area contributed by atoms with Crippen LogP contribution in [0.2, 0.25) is 0 Å². The monoisotopic (exact) mass is 267 g/mol. The van der Waals surface area contributed by atoms with E-state index in [4.69, 9.17) is 27.6 Å². The van der Waals surface area contributed by atoms with E-state index in [0.29, 0.717) is 23.0 Å². The van der Waals surface area contributed by atoms with E-state index in [9.17, 15) is 9.18 Å². The van der Waals surface area contributed by atoms with E-state index in [1.807, 2.05) is 0 Å². The number of benzene rings is 1. The zero-order chi connectivity index (χ0) is 11.1. The summed E-state index contributed by atoms with van der Waals surface area (Å²) in [6.45, 7) is 0. The van der Waals surface area contributed by atoms with Crippen molar-refractivity contribution in [3.8, 4) is 0 Å². The molecular formula is C8H4Cl2FNO2S. The standard InChI is InChI=1S/C8H4Cl2FNO2S/c9-8(10,11)15-12-5-3-1-2-4-6(5)14-7(12)13/h1-4H. The van der Waals surface area contributed by atoms with E-state index in [1.165, 1.54) is 0 Å². The molecule has 3 nitrogen and oxygen atoms in total. The van der Waals surface area contributed by atoms with Crippen molar-refractivity contribution in [3.05, 3.63) is 34.8 Å². The molecule has 0 aliphatic heterocycles. The molecule has 0 saturated heterocycles. The van der Waals surface area contributed by atoms with Gasteiger partial charge in [0, 0.05) is 11.9 Å². The number of alkyl halides is 3. The summed E-state index contributed by atoms with van der Waals surface area (Å²) in [6, 6.07) is 6.59. The second-order valence-electron chi connectivity index (χ2n) is 2.67.